The second kappa shape index (κ2) is 4.92. The minimum atomic E-state index is 0.0687. The average molecular weight is 256 g/mol. The molecule has 0 bridgehead atoms. The van der Waals surface area contributed by atoms with Gasteiger partial charge in [-0.25, -0.2) is 0 Å². The molecule has 98 valence electrons. The Kier molecular flexibility index (Phi) is 3.11. The van der Waals surface area contributed by atoms with Crippen LogP contribution in [0.3, 0.4) is 0 Å². The molecular formula is C16H16O3. The van der Waals surface area contributed by atoms with Crippen LogP contribution in [0.5, 0.6) is 5.75 Å². The summed E-state index contributed by atoms with van der Waals surface area (Å²) in [7, 11) is 0. The molecule has 0 amide bonds. The van der Waals surface area contributed by atoms with Crippen LogP contribution < -0.4 is 4.74 Å². The molecule has 0 spiro atoms. The molecule has 0 fully saturated rings. The van der Waals surface area contributed by atoms with Gasteiger partial charge in [-0.2, -0.15) is 0 Å². The van der Waals surface area contributed by atoms with Gasteiger partial charge in [-0.3, -0.25) is 4.79 Å². The maximum Gasteiger partial charge on any atom is 0.198 e. The zero-order chi connectivity index (χ0) is 13.2. The SMILES string of the molecule is Cc1ccoc1C(=O)CCc1ccc2c(c1)CCO2. The number of hydrogen-bond donors (Lipinski definition) is 0. The van der Waals surface area contributed by atoms with E-state index in [1.165, 1.54) is 11.1 Å². The molecule has 0 aliphatic carbocycles. The first-order valence-corrected chi connectivity index (χ1v) is 6.56. The van der Waals surface area contributed by atoms with E-state index in [-0.39, 0.29) is 5.78 Å². The van der Waals surface area contributed by atoms with Crippen molar-refractivity contribution in [3.63, 3.8) is 0 Å². The van der Waals surface area contributed by atoms with Crippen LogP contribution in [0.15, 0.2) is 34.9 Å². The molecule has 1 aromatic heterocycles. The number of benzene rings is 1. The summed E-state index contributed by atoms with van der Waals surface area (Å²) >= 11 is 0. The lowest BCUT2D eigenvalue weighted by molar-refractivity contribution is 0.0955. The van der Waals surface area contributed by atoms with E-state index in [4.69, 9.17) is 9.15 Å². The van der Waals surface area contributed by atoms with Crippen LogP contribution in [0.2, 0.25) is 0 Å². The first-order valence-electron chi connectivity index (χ1n) is 6.56. The summed E-state index contributed by atoms with van der Waals surface area (Å²) in [5, 5.41) is 0. The van der Waals surface area contributed by atoms with Crippen LogP contribution in [-0.4, -0.2) is 12.4 Å². The van der Waals surface area contributed by atoms with Gasteiger partial charge in [0.25, 0.3) is 0 Å². The van der Waals surface area contributed by atoms with Crippen LogP contribution in [-0.2, 0) is 12.8 Å². The highest BCUT2D eigenvalue weighted by molar-refractivity contribution is 5.94. The van der Waals surface area contributed by atoms with Crippen molar-refractivity contribution in [1.82, 2.24) is 0 Å². The number of fused-ring (bicyclic) bond motifs is 1. The molecule has 0 atom stereocenters. The number of Topliss-reactive ketones (excluding diaryl/α,β-unsaturated/α-hetero) is 1. The third kappa shape index (κ3) is 2.41. The average Bonchev–Trinajstić information content (AvgIpc) is 3.03. The fraction of sp³-hybridized carbons (Fsp3) is 0.312. The molecule has 0 radical (unpaired) electrons. The zero-order valence-electron chi connectivity index (χ0n) is 10.9. The first kappa shape index (κ1) is 12.0. The molecule has 2 aromatic rings. The highest BCUT2D eigenvalue weighted by Gasteiger charge is 2.15. The van der Waals surface area contributed by atoms with E-state index >= 15 is 0 Å². The van der Waals surface area contributed by atoms with Gasteiger partial charge in [0.05, 0.1) is 12.9 Å². The Labute approximate surface area is 112 Å². The number of carbonyl (C=O) groups excluding carboxylic acids is 1. The van der Waals surface area contributed by atoms with Crippen molar-refractivity contribution in [3.05, 3.63) is 53.0 Å². The predicted octanol–water partition coefficient (Wildman–Crippen LogP) is 3.34. The number of ether oxygens (including phenoxy) is 1. The van der Waals surface area contributed by atoms with Gasteiger partial charge in [0.2, 0.25) is 0 Å². The number of aryl methyl sites for hydroxylation is 2. The first-order chi connectivity index (χ1) is 9.24. The van der Waals surface area contributed by atoms with Crippen LogP contribution in [0, 0.1) is 6.92 Å². The van der Waals surface area contributed by atoms with Crippen LogP contribution >= 0.6 is 0 Å². The largest absolute Gasteiger partial charge is 0.493 e. The number of rotatable bonds is 4. The highest BCUT2D eigenvalue weighted by Crippen LogP contribution is 2.26. The van der Waals surface area contributed by atoms with Gasteiger partial charge >= 0.3 is 0 Å². The van der Waals surface area contributed by atoms with E-state index in [9.17, 15) is 4.79 Å². The van der Waals surface area contributed by atoms with Crippen molar-refractivity contribution >= 4 is 5.78 Å². The lowest BCUT2D eigenvalue weighted by Crippen LogP contribution is -2.01. The summed E-state index contributed by atoms with van der Waals surface area (Å²) in [5.74, 6) is 1.54. The summed E-state index contributed by atoms with van der Waals surface area (Å²) in [5.41, 5.74) is 3.34. The molecule has 1 aliphatic heterocycles. The number of carbonyl (C=O) groups is 1. The van der Waals surface area contributed by atoms with Crippen molar-refractivity contribution in [1.29, 1.82) is 0 Å². The Bertz CT molecular complexity index is 610. The zero-order valence-corrected chi connectivity index (χ0v) is 10.9. The molecule has 2 heterocycles. The highest BCUT2D eigenvalue weighted by atomic mass is 16.5. The molecule has 19 heavy (non-hydrogen) atoms. The van der Waals surface area contributed by atoms with Crippen LogP contribution in [0.1, 0.15) is 33.7 Å². The van der Waals surface area contributed by atoms with Crippen molar-refractivity contribution < 1.29 is 13.9 Å². The standard InChI is InChI=1S/C16H16O3/c1-11-6-8-19-16(11)14(17)4-2-12-3-5-15-13(10-12)7-9-18-15/h3,5-6,8,10H,2,4,7,9H2,1H3. The van der Waals surface area contributed by atoms with Gasteiger partial charge in [-0.15, -0.1) is 0 Å². The van der Waals surface area contributed by atoms with Gasteiger partial charge < -0.3 is 9.15 Å². The number of furan rings is 1. The maximum atomic E-state index is 12.0. The molecule has 3 rings (SSSR count). The summed E-state index contributed by atoms with van der Waals surface area (Å²) in [6, 6.07) is 8.00. The van der Waals surface area contributed by atoms with Gasteiger partial charge in [0, 0.05) is 12.8 Å². The predicted molar refractivity (Wildman–Crippen MR) is 71.7 cm³/mol. The molecular weight excluding hydrogens is 240 g/mol. The van der Waals surface area contributed by atoms with Crippen molar-refractivity contribution in [2.45, 2.75) is 26.2 Å². The quantitative estimate of drug-likeness (QED) is 0.788. The second-order valence-corrected chi connectivity index (χ2v) is 4.90. The van der Waals surface area contributed by atoms with Crippen molar-refractivity contribution in [3.8, 4) is 5.75 Å². The van der Waals surface area contributed by atoms with E-state index in [0.717, 1.165) is 30.8 Å². The molecule has 0 N–H and O–H groups in total. The monoisotopic (exact) mass is 256 g/mol. The molecule has 0 saturated carbocycles. The number of hydrogen-bond acceptors (Lipinski definition) is 3. The Morgan fingerprint density at radius 3 is 3.00 bits per heavy atom. The van der Waals surface area contributed by atoms with E-state index in [0.29, 0.717) is 12.2 Å². The smallest absolute Gasteiger partial charge is 0.198 e. The third-order valence-electron chi connectivity index (χ3n) is 3.51. The lowest BCUT2D eigenvalue weighted by Gasteiger charge is -2.03. The molecule has 1 aliphatic rings. The second-order valence-electron chi connectivity index (χ2n) is 4.90. The fourth-order valence-corrected chi connectivity index (χ4v) is 2.43. The van der Waals surface area contributed by atoms with E-state index in [2.05, 4.69) is 6.07 Å². The van der Waals surface area contributed by atoms with Crippen LogP contribution in [0.4, 0.5) is 0 Å². The third-order valence-corrected chi connectivity index (χ3v) is 3.51. The van der Waals surface area contributed by atoms with Crippen LogP contribution in [0.25, 0.3) is 0 Å². The topological polar surface area (TPSA) is 39.4 Å². The molecule has 0 saturated heterocycles. The van der Waals surface area contributed by atoms with Gasteiger partial charge in [-0.1, -0.05) is 12.1 Å². The molecule has 0 unspecified atom stereocenters. The Balaban J connectivity index is 1.66. The Hall–Kier alpha value is -2.03. The summed E-state index contributed by atoms with van der Waals surface area (Å²) in [6.45, 7) is 2.66. The van der Waals surface area contributed by atoms with Gasteiger partial charge in [0.15, 0.2) is 11.5 Å². The lowest BCUT2D eigenvalue weighted by atomic mass is 10.0. The number of ketones is 1. The summed E-state index contributed by atoms with van der Waals surface area (Å²) in [4.78, 5) is 12.0. The van der Waals surface area contributed by atoms with Crippen molar-refractivity contribution in [2.24, 2.45) is 0 Å². The summed E-state index contributed by atoms with van der Waals surface area (Å²) in [6.07, 6.45) is 3.75. The van der Waals surface area contributed by atoms with E-state index in [1.54, 1.807) is 6.26 Å². The normalized spacial score (nSPS) is 13.1. The summed E-state index contributed by atoms with van der Waals surface area (Å²) < 4.78 is 10.7. The van der Waals surface area contributed by atoms with Crippen molar-refractivity contribution in [2.75, 3.05) is 6.61 Å². The van der Waals surface area contributed by atoms with E-state index < -0.39 is 0 Å². The Morgan fingerprint density at radius 2 is 2.21 bits per heavy atom. The minimum absolute atomic E-state index is 0.0687. The Morgan fingerprint density at radius 1 is 1.32 bits per heavy atom. The fourth-order valence-electron chi connectivity index (χ4n) is 2.43. The van der Waals surface area contributed by atoms with E-state index in [1.807, 2.05) is 25.1 Å². The molecule has 3 nitrogen and oxygen atoms in total. The van der Waals surface area contributed by atoms with Gasteiger partial charge in [-0.05, 0) is 42.2 Å². The molecule has 3 heteroatoms. The van der Waals surface area contributed by atoms with Gasteiger partial charge in [0.1, 0.15) is 5.75 Å². The molecule has 1 aromatic carbocycles. The maximum absolute atomic E-state index is 12.0. The minimum Gasteiger partial charge on any atom is -0.493 e.